The van der Waals surface area contributed by atoms with Gasteiger partial charge in [-0.05, 0) is 25.3 Å². The second-order valence-electron chi connectivity index (χ2n) is 4.96. The molecule has 1 fully saturated rings. The molecule has 1 aromatic heterocycles. The van der Waals surface area contributed by atoms with Crippen LogP contribution in [0.3, 0.4) is 0 Å². The summed E-state index contributed by atoms with van der Waals surface area (Å²) in [6, 6.07) is 11.4. The van der Waals surface area contributed by atoms with Gasteiger partial charge in [-0.15, -0.1) is 0 Å². The smallest absolute Gasteiger partial charge is 0.422 e. The lowest BCUT2D eigenvalue weighted by molar-refractivity contribution is -0.0377. The third kappa shape index (κ3) is 2.63. The number of hydrogen-bond donors (Lipinski definition) is 2. The van der Waals surface area contributed by atoms with Crippen molar-refractivity contribution >= 4 is 12.7 Å². The first-order chi connectivity index (χ1) is 9.75. The molecule has 2 aromatic rings. The van der Waals surface area contributed by atoms with Crippen molar-refractivity contribution in [3.8, 4) is 11.3 Å². The molecule has 0 saturated carbocycles. The van der Waals surface area contributed by atoms with Crippen LogP contribution < -0.4 is 5.59 Å². The normalized spacial score (nSPS) is 19.0. The molecular formula is C14H17BN2O3. The third-order valence-corrected chi connectivity index (χ3v) is 3.53. The van der Waals surface area contributed by atoms with E-state index in [2.05, 4.69) is 5.10 Å². The fourth-order valence-corrected chi connectivity index (χ4v) is 2.50. The first-order valence-corrected chi connectivity index (χ1v) is 6.88. The molecule has 2 heterocycles. The van der Waals surface area contributed by atoms with Crippen molar-refractivity contribution in [2.75, 3.05) is 6.61 Å². The second-order valence-corrected chi connectivity index (χ2v) is 4.96. The van der Waals surface area contributed by atoms with Crippen molar-refractivity contribution in [3.05, 3.63) is 36.4 Å². The number of benzene rings is 1. The second kappa shape index (κ2) is 5.79. The molecule has 104 valence electrons. The van der Waals surface area contributed by atoms with Crippen LogP contribution in [0.4, 0.5) is 0 Å². The Hall–Kier alpha value is -1.63. The van der Waals surface area contributed by atoms with Gasteiger partial charge in [0.15, 0.2) is 0 Å². The Kier molecular flexibility index (Phi) is 3.87. The van der Waals surface area contributed by atoms with E-state index >= 15 is 0 Å². The van der Waals surface area contributed by atoms with Crippen molar-refractivity contribution in [2.45, 2.75) is 25.5 Å². The molecule has 1 saturated heterocycles. The Morgan fingerprint density at radius 1 is 1.20 bits per heavy atom. The molecule has 20 heavy (non-hydrogen) atoms. The predicted octanol–water partition coefficient (Wildman–Crippen LogP) is 0.929. The molecule has 6 heteroatoms. The van der Waals surface area contributed by atoms with Crippen molar-refractivity contribution in [2.24, 2.45) is 0 Å². The number of nitrogens with zero attached hydrogens (tertiary/aromatic N) is 2. The van der Waals surface area contributed by atoms with Gasteiger partial charge in [0, 0.05) is 12.2 Å². The summed E-state index contributed by atoms with van der Waals surface area (Å²) in [4.78, 5) is 0. The average molecular weight is 272 g/mol. The van der Waals surface area contributed by atoms with E-state index in [4.69, 9.17) is 4.74 Å². The maximum absolute atomic E-state index is 9.53. The van der Waals surface area contributed by atoms with Gasteiger partial charge in [0.25, 0.3) is 0 Å². The van der Waals surface area contributed by atoms with Crippen molar-refractivity contribution in [3.63, 3.8) is 0 Å². The van der Waals surface area contributed by atoms with Gasteiger partial charge in [-0.25, -0.2) is 4.68 Å². The first-order valence-electron chi connectivity index (χ1n) is 6.88. The van der Waals surface area contributed by atoms with E-state index in [1.807, 2.05) is 30.3 Å². The largest absolute Gasteiger partial charge is 0.507 e. The molecule has 0 bridgehead atoms. The fraction of sp³-hybridized carbons (Fsp3) is 0.357. The van der Waals surface area contributed by atoms with E-state index in [1.54, 1.807) is 10.7 Å². The molecule has 0 aliphatic carbocycles. The Morgan fingerprint density at radius 2 is 2.00 bits per heavy atom. The molecule has 5 nitrogen and oxygen atoms in total. The van der Waals surface area contributed by atoms with Gasteiger partial charge in [0.1, 0.15) is 6.23 Å². The van der Waals surface area contributed by atoms with Crippen LogP contribution in [0.1, 0.15) is 25.5 Å². The maximum atomic E-state index is 9.53. The molecule has 0 amide bonds. The van der Waals surface area contributed by atoms with Crippen LogP contribution in [0, 0.1) is 0 Å². The number of hydrogen-bond acceptors (Lipinski definition) is 4. The molecular weight excluding hydrogens is 255 g/mol. The molecule has 1 aliphatic rings. The van der Waals surface area contributed by atoms with E-state index in [0.717, 1.165) is 30.5 Å². The molecule has 0 radical (unpaired) electrons. The minimum absolute atomic E-state index is 0.210. The standard InChI is InChI=1S/C14H17BN2O3/c18-15(19)13-10-12(11-6-2-1-3-7-11)16-17(13)14-8-4-5-9-20-14/h1-3,6-7,10,14,18-19H,4-5,8-9H2. The van der Waals surface area contributed by atoms with Gasteiger partial charge in [-0.3, -0.25) is 0 Å². The first kappa shape index (κ1) is 13.4. The van der Waals surface area contributed by atoms with Crippen molar-refractivity contribution in [1.29, 1.82) is 0 Å². The zero-order valence-electron chi connectivity index (χ0n) is 11.1. The van der Waals surface area contributed by atoms with Crippen LogP contribution in [0.15, 0.2) is 36.4 Å². The summed E-state index contributed by atoms with van der Waals surface area (Å²) >= 11 is 0. The summed E-state index contributed by atoms with van der Waals surface area (Å²) in [5, 5.41) is 23.6. The van der Waals surface area contributed by atoms with E-state index in [-0.39, 0.29) is 6.23 Å². The van der Waals surface area contributed by atoms with Crippen LogP contribution in [-0.4, -0.2) is 33.6 Å². The summed E-state index contributed by atoms with van der Waals surface area (Å²) in [5.41, 5.74) is 2.04. The van der Waals surface area contributed by atoms with E-state index in [0.29, 0.717) is 12.2 Å². The van der Waals surface area contributed by atoms with Crippen LogP contribution in [0.25, 0.3) is 11.3 Å². The molecule has 1 atom stereocenters. The number of rotatable bonds is 3. The molecule has 2 N–H and O–H groups in total. The minimum atomic E-state index is -1.55. The SMILES string of the molecule is OB(O)c1cc(-c2ccccc2)nn1C1CCCCO1. The van der Waals surface area contributed by atoms with Crippen molar-refractivity contribution < 1.29 is 14.8 Å². The molecule has 1 aromatic carbocycles. The van der Waals surface area contributed by atoms with Crippen LogP contribution >= 0.6 is 0 Å². The van der Waals surface area contributed by atoms with E-state index in [1.165, 1.54) is 0 Å². The highest BCUT2D eigenvalue weighted by Crippen LogP contribution is 2.23. The lowest BCUT2D eigenvalue weighted by Gasteiger charge is -2.24. The van der Waals surface area contributed by atoms with Crippen LogP contribution in [0.2, 0.25) is 0 Å². The third-order valence-electron chi connectivity index (χ3n) is 3.53. The highest BCUT2D eigenvalue weighted by molar-refractivity contribution is 6.57. The molecule has 0 spiro atoms. The zero-order chi connectivity index (χ0) is 13.9. The monoisotopic (exact) mass is 272 g/mol. The predicted molar refractivity (Wildman–Crippen MR) is 76.3 cm³/mol. The summed E-state index contributed by atoms with van der Waals surface area (Å²) in [5.74, 6) is 0. The Labute approximate surface area is 118 Å². The van der Waals surface area contributed by atoms with Gasteiger partial charge < -0.3 is 14.8 Å². The summed E-state index contributed by atoms with van der Waals surface area (Å²) in [6.45, 7) is 0.687. The van der Waals surface area contributed by atoms with Crippen LogP contribution in [0.5, 0.6) is 0 Å². The van der Waals surface area contributed by atoms with Gasteiger partial charge in [-0.2, -0.15) is 5.10 Å². The lowest BCUT2D eigenvalue weighted by atomic mass is 9.85. The van der Waals surface area contributed by atoms with Crippen LogP contribution in [-0.2, 0) is 4.74 Å². The zero-order valence-corrected chi connectivity index (χ0v) is 11.1. The molecule has 1 aliphatic heterocycles. The molecule has 1 unspecified atom stereocenters. The Bertz CT molecular complexity index is 565. The maximum Gasteiger partial charge on any atom is 0.507 e. The Balaban J connectivity index is 1.98. The highest BCUT2D eigenvalue weighted by atomic mass is 16.5. The van der Waals surface area contributed by atoms with Crippen molar-refractivity contribution in [1.82, 2.24) is 9.78 Å². The summed E-state index contributed by atoms with van der Waals surface area (Å²) < 4.78 is 7.29. The van der Waals surface area contributed by atoms with Gasteiger partial charge in [0.2, 0.25) is 0 Å². The Morgan fingerprint density at radius 3 is 2.65 bits per heavy atom. The minimum Gasteiger partial charge on any atom is -0.422 e. The number of aromatic nitrogens is 2. The fourth-order valence-electron chi connectivity index (χ4n) is 2.50. The summed E-state index contributed by atoms with van der Waals surface area (Å²) in [6.07, 6.45) is 2.74. The van der Waals surface area contributed by atoms with Gasteiger partial charge in [-0.1, -0.05) is 30.3 Å². The number of ether oxygens (including phenoxy) is 1. The summed E-state index contributed by atoms with van der Waals surface area (Å²) in [7, 11) is -1.55. The van der Waals surface area contributed by atoms with Gasteiger partial charge >= 0.3 is 7.12 Å². The van der Waals surface area contributed by atoms with E-state index < -0.39 is 7.12 Å². The van der Waals surface area contributed by atoms with E-state index in [9.17, 15) is 10.0 Å². The highest BCUT2D eigenvalue weighted by Gasteiger charge is 2.26. The lowest BCUT2D eigenvalue weighted by Crippen LogP contribution is -2.39. The topological polar surface area (TPSA) is 67.5 Å². The quantitative estimate of drug-likeness (QED) is 0.816. The molecule has 3 rings (SSSR count). The average Bonchev–Trinajstić information content (AvgIpc) is 2.94. The van der Waals surface area contributed by atoms with Gasteiger partial charge in [0.05, 0.1) is 11.3 Å².